The Bertz CT molecular complexity index is 450. The molecular formula is C14H24N4O. The molecule has 4 N–H and O–H groups in total. The normalized spacial score (nSPS) is 17.8. The summed E-state index contributed by atoms with van der Waals surface area (Å²) < 4.78 is 2.26. The number of hydrogen-bond acceptors (Lipinski definition) is 3. The minimum Gasteiger partial charge on any atom is -0.368 e. The van der Waals surface area contributed by atoms with E-state index >= 15 is 0 Å². The Balaban J connectivity index is 1.80. The Morgan fingerprint density at radius 2 is 2.16 bits per heavy atom. The summed E-state index contributed by atoms with van der Waals surface area (Å²) in [5, 5.41) is 0. The van der Waals surface area contributed by atoms with Gasteiger partial charge in [0.05, 0.1) is 17.6 Å². The average Bonchev–Trinajstić information content (AvgIpc) is 2.78. The van der Waals surface area contributed by atoms with Crippen molar-refractivity contribution < 1.29 is 4.79 Å². The van der Waals surface area contributed by atoms with Crippen molar-refractivity contribution in [1.29, 1.82) is 0 Å². The monoisotopic (exact) mass is 264 g/mol. The van der Waals surface area contributed by atoms with Crippen molar-refractivity contribution in [3.8, 4) is 0 Å². The van der Waals surface area contributed by atoms with E-state index in [1.807, 2.05) is 6.33 Å². The highest BCUT2D eigenvalue weighted by Crippen LogP contribution is 2.20. The standard InChI is InChI=1S/C14H24N4O/c1-14(16,13(15)19)8-4-5-9-18-10-17-11-6-2-3-7-12(11)18/h10H,2-9,16H2,1H3,(H2,15,19). The third kappa shape index (κ3) is 3.35. The lowest BCUT2D eigenvalue weighted by molar-refractivity contribution is -0.122. The Morgan fingerprint density at radius 3 is 2.89 bits per heavy atom. The first kappa shape index (κ1) is 14.1. The molecule has 5 heteroatoms. The van der Waals surface area contributed by atoms with Gasteiger partial charge in [0.25, 0.3) is 0 Å². The lowest BCUT2D eigenvalue weighted by Gasteiger charge is -2.20. The first-order chi connectivity index (χ1) is 9.00. The third-order valence-electron chi connectivity index (χ3n) is 4.02. The van der Waals surface area contributed by atoms with E-state index in [-0.39, 0.29) is 0 Å². The van der Waals surface area contributed by atoms with E-state index in [4.69, 9.17) is 11.5 Å². The van der Waals surface area contributed by atoms with Gasteiger partial charge in [-0.05, 0) is 51.9 Å². The molecule has 1 aliphatic rings. The van der Waals surface area contributed by atoms with Crippen LogP contribution in [-0.4, -0.2) is 21.0 Å². The highest BCUT2D eigenvalue weighted by Gasteiger charge is 2.24. The summed E-state index contributed by atoms with van der Waals surface area (Å²) in [6.45, 7) is 2.66. The lowest BCUT2D eigenvalue weighted by Crippen LogP contribution is -2.49. The number of nitrogens with two attached hydrogens (primary N) is 2. The number of aryl methyl sites for hydroxylation is 2. The van der Waals surface area contributed by atoms with Gasteiger partial charge >= 0.3 is 0 Å². The maximum Gasteiger partial charge on any atom is 0.237 e. The smallest absolute Gasteiger partial charge is 0.237 e. The van der Waals surface area contributed by atoms with E-state index in [0.717, 1.165) is 32.2 Å². The van der Waals surface area contributed by atoms with E-state index in [0.29, 0.717) is 6.42 Å². The molecule has 1 heterocycles. The fourth-order valence-corrected chi connectivity index (χ4v) is 2.62. The van der Waals surface area contributed by atoms with Gasteiger partial charge in [0, 0.05) is 12.2 Å². The van der Waals surface area contributed by atoms with E-state index in [2.05, 4.69) is 9.55 Å². The molecule has 0 saturated carbocycles. The zero-order valence-corrected chi connectivity index (χ0v) is 11.7. The third-order valence-corrected chi connectivity index (χ3v) is 4.02. The fraction of sp³-hybridized carbons (Fsp3) is 0.714. The van der Waals surface area contributed by atoms with E-state index in [9.17, 15) is 4.79 Å². The van der Waals surface area contributed by atoms with E-state index in [1.54, 1.807) is 6.92 Å². The molecule has 0 spiro atoms. The summed E-state index contributed by atoms with van der Waals surface area (Å²) in [6, 6.07) is 0. The predicted octanol–water partition coefficient (Wildman–Crippen LogP) is 1.13. The number of hydrogen-bond donors (Lipinski definition) is 2. The quantitative estimate of drug-likeness (QED) is 0.755. The molecule has 5 nitrogen and oxygen atoms in total. The lowest BCUT2D eigenvalue weighted by atomic mass is 9.95. The number of imidazole rings is 1. The number of primary amides is 1. The molecule has 1 aromatic rings. The van der Waals surface area contributed by atoms with Crippen LogP contribution in [0.15, 0.2) is 6.33 Å². The molecule has 1 atom stereocenters. The van der Waals surface area contributed by atoms with Crippen LogP contribution < -0.4 is 11.5 Å². The minimum atomic E-state index is -0.881. The molecule has 19 heavy (non-hydrogen) atoms. The molecule has 0 bridgehead atoms. The van der Waals surface area contributed by atoms with Crippen molar-refractivity contribution in [2.45, 2.75) is 64.0 Å². The zero-order valence-electron chi connectivity index (χ0n) is 11.7. The molecule has 0 radical (unpaired) electrons. The van der Waals surface area contributed by atoms with Crippen molar-refractivity contribution in [1.82, 2.24) is 9.55 Å². The van der Waals surface area contributed by atoms with E-state index in [1.165, 1.54) is 24.2 Å². The number of fused-ring (bicyclic) bond motifs is 1. The van der Waals surface area contributed by atoms with E-state index < -0.39 is 11.4 Å². The summed E-state index contributed by atoms with van der Waals surface area (Å²) in [5.74, 6) is -0.424. The number of rotatable bonds is 6. The minimum absolute atomic E-state index is 0.424. The van der Waals surface area contributed by atoms with Crippen molar-refractivity contribution in [3.05, 3.63) is 17.7 Å². The molecular weight excluding hydrogens is 240 g/mol. The molecule has 1 aromatic heterocycles. The van der Waals surface area contributed by atoms with Crippen molar-refractivity contribution >= 4 is 5.91 Å². The van der Waals surface area contributed by atoms with Crippen LogP contribution in [-0.2, 0) is 24.2 Å². The Labute approximate surface area is 114 Å². The van der Waals surface area contributed by atoms with Crippen LogP contribution in [0.3, 0.4) is 0 Å². The van der Waals surface area contributed by atoms with Crippen LogP contribution in [0.5, 0.6) is 0 Å². The van der Waals surface area contributed by atoms with Crippen LogP contribution >= 0.6 is 0 Å². The number of nitrogens with zero attached hydrogens (tertiary/aromatic N) is 2. The summed E-state index contributed by atoms with van der Waals surface area (Å²) in [5.41, 5.74) is 12.9. The van der Waals surface area contributed by atoms with Gasteiger partial charge in [-0.25, -0.2) is 4.98 Å². The average molecular weight is 264 g/mol. The molecule has 0 aliphatic heterocycles. The summed E-state index contributed by atoms with van der Waals surface area (Å²) >= 11 is 0. The summed E-state index contributed by atoms with van der Waals surface area (Å²) in [7, 11) is 0. The zero-order chi connectivity index (χ0) is 13.9. The predicted molar refractivity (Wildman–Crippen MR) is 74.5 cm³/mol. The summed E-state index contributed by atoms with van der Waals surface area (Å²) in [4.78, 5) is 15.6. The SMILES string of the molecule is CC(N)(CCCCn1cnc2c1CCCC2)C(N)=O. The first-order valence-corrected chi connectivity index (χ1v) is 7.12. The number of carbonyl (C=O) groups excluding carboxylic acids is 1. The van der Waals surface area contributed by atoms with Crippen LogP contribution in [0.2, 0.25) is 0 Å². The maximum atomic E-state index is 11.1. The maximum absolute atomic E-state index is 11.1. The van der Waals surface area contributed by atoms with Crippen molar-refractivity contribution in [2.75, 3.05) is 0 Å². The molecule has 0 fully saturated rings. The van der Waals surface area contributed by atoms with Crippen LogP contribution in [0.25, 0.3) is 0 Å². The van der Waals surface area contributed by atoms with Gasteiger partial charge < -0.3 is 16.0 Å². The molecule has 1 unspecified atom stereocenters. The highest BCUT2D eigenvalue weighted by atomic mass is 16.1. The first-order valence-electron chi connectivity index (χ1n) is 7.12. The number of amides is 1. The Kier molecular flexibility index (Phi) is 4.24. The van der Waals surface area contributed by atoms with Gasteiger partial charge in [-0.2, -0.15) is 0 Å². The largest absolute Gasteiger partial charge is 0.368 e. The molecule has 2 rings (SSSR count). The molecule has 0 aromatic carbocycles. The van der Waals surface area contributed by atoms with Gasteiger partial charge in [-0.1, -0.05) is 0 Å². The number of carbonyl (C=O) groups is 1. The number of aromatic nitrogens is 2. The molecule has 106 valence electrons. The topological polar surface area (TPSA) is 86.9 Å². The van der Waals surface area contributed by atoms with Gasteiger partial charge in [0.1, 0.15) is 0 Å². The highest BCUT2D eigenvalue weighted by molar-refractivity contribution is 5.83. The molecule has 1 aliphatic carbocycles. The van der Waals surface area contributed by atoms with Crippen molar-refractivity contribution in [2.24, 2.45) is 11.5 Å². The fourth-order valence-electron chi connectivity index (χ4n) is 2.62. The summed E-state index contributed by atoms with van der Waals surface area (Å²) in [6.07, 6.45) is 9.28. The van der Waals surface area contributed by atoms with Gasteiger partial charge in [-0.3, -0.25) is 4.79 Å². The molecule has 1 amide bonds. The number of unbranched alkanes of at least 4 members (excludes halogenated alkanes) is 1. The second kappa shape index (κ2) is 5.74. The second-order valence-corrected chi connectivity index (χ2v) is 5.78. The Morgan fingerprint density at radius 1 is 1.42 bits per heavy atom. The van der Waals surface area contributed by atoms with Gasteiger partial charge in [0.2, 0.25) is 5.91 Å². The second-order valence-electron chi connectivity index (χ2n) is 5.78. The van der Waals surface area contributed by atoms with Crippen molar-refractivity contribution in [3.63, 3.8) is 0 Å². The van der Waals surface area contributed by atoms with Crippen LogP contribution in [0.4, 0.5) is 0 Å². The Hall–Kier alpha value is -1.36. The molecule has 0 saturated heterocycles. The van der Waals surface area contributed by atoms with Gasteiger partial charge in [0.15, 0.2) is 0 Å². The van der Waals surface area contributed by atoms with Gasteiger partial charge in [-0.15, -0.1) is 0 Å². The van der Waals surface area contributed by atoms with Crippen LogP contribution in [0, 0.1) is 0 Å². The van der Waals surface area contributed by atoms with Crippen LogP contribution in [0.1, 0.15) is 50.4 Å².